The van der Waals surface area contributed by atoms with Gasteiger partial charge in [-0.1, -0.05) is 110 Å². The predicted molar refractivity (Wildman–Crippen MR) is 213 cm³/mol. The largest absolute Gasteiger partial charge is 0.251 e. The fraction of sp³-hybridized carbons (Fsp3) is 0.578. The van der Waals surface area contributed by atoms with Gasteiger partial charge in [-0.15, -0.1) is 0 Å². The van der Waals surface area contributed by atoms with Gasteiger partial charge in [0.1, 0.15) is 0 Å². The smallest absolute Gasteiger partial charge is 0.0849 e. The Kier molecular flexibility index (Phi) is 17.9. The van der Waals surface area contributed by atoms with E-state index < -0.39 is 0 Å². The number of aliphatic imine (C=N–C) groups is 2. The second kappa shape index (κ2) is 21.8. The Labute approximate surface area is 295 Å². The van der Waals surface area contributed by atoms with Crippen molar-refractivity contribution in [3.63, 3.8) is 0 Å². The van der Waals surface area contributed by atoms with Crippen molar-refractivity contribution in [1.29, 1.82) is 0 Å². The van der Waals surface area contributed by atoms with Gasteiger partial charge >= 0.3 is 0 Å². The third kappa shape index (κ3) is 12.1. The zero-order valence-corrected chi connectivity index (χ0v) is 32.1. The summed E-state index contributed by atoms with van der Waals surface area (Å²) in [5.74, 6) is 0. The lowest BCUT2D eigenvalue weighted by molar-refractivity contribution is 0.766. The molecular weight excluding hydrogens is 583 g/mol. The van der Waals surface area contributed by atoms with Crippen LogP contribution in [0.2, 0.25) is 0 Å². The molecule has 3 aromatic rings. The Bertz CT molecular complexity index is 1300. The van der Waals surface area contributed by atoms with Crippen molar-refractivity contribution >= 4 is 22.8 Å². The molecule has 0 bridgehead atoms. The van der Waals surface area contributed by atoms with Crippen LogP contribution < -0.4 is 0 Å². The molecular formula is C45H67N3. The molecule has 2 aromatic carbocycles. The first-order valence-corrected chi connectivity index (χ1v) is 19.8. The van der Waals surface area contributed by atoms with Gasteiger partial charge in [0, 0.05) is 0 Å². The highest BCUT2D eigenvalue weighted by atomic mass is 14.8. The van der Waals surface area contributed by atoms with E-state index in [1.165, 1.54) is 122 Å². The summed E-state index contributed by atoms with van der Waals surface area (Å²) in [6, 6.07) is 16.2. The first-order valence-electron chi connectivity index (χ1n) is 19.8. The molecule has 0 aliphatic rings. The fourth-order valence-corrected chi connectivity index (χ4v) is 6.52. The van der Waals surface area contributed by atoms with Crippen molar-refractivity contribution in [3.8, 4) is 0 Å². The molecule has 3 heteroatoms. The molecule has 3 rings (SSSR count). The monoisotopic (exact) mass is 650 g/mol. The zero-order chi connectivity index (χ0) is 34.7. The standard InChI is InChI=1S/C45H67N3/c1-9-15-22-36-30-38(24-17-11-3)44(39(31-36)25-18-12-4)46-34(7)42-28-21-29-43(48-42)35(8)47-45-40(26-19-13-5)32-37(23-16-10-2)33-41(45)27-20-14-6/h21,28-33H,9-20,22-27H2,1-8H3. The molecule has 0 aliphatic heterocycles. The summed E-state index contributed by atoms with van der Waals surface area (Å²) in [5.41, 5.74) is 14.8. The first kappa shape index (κ1) is 39.4. The quantitative estimate of drug-likeness (QED) is 0.0998. The van der Waals surface area contributed by atoms with E-state index in [1.54, 1.807) is 0 Å². The van der Waals surface area contributed by atoms with Crippen molar-refractivity contribution in [2.24, 2.45) is 9.98 Å². The maximum absolute atomic E-state index is 5.38. The molecule has 0 radical (unpaired) electrons. The van der Waals surface area contributed by atoms with E-state index in [9.17, 15) is 0 Å². The summed E-state index contributed by atoms with van der Waals surface area (Å²) < 4.78 is 0. The first-order chi connectivity index (χ1) is 23.4. The molecule has 48 heavy (non-hydrogen) atoms. The van der Waals surface area contributed by atoms with Crippen molar-refractivity contribution < 1.29 is 0 Å². The summed E-state index contributed by atoms with van der Waals surface area (Å²) in [7, 11) is 0. The highest BCUT2D eigenvalue weighted by Gasteiger charge is 2.15. The number of hydrogen-bond acceptors (Lipinski definition) is 3. The van der Waals surface area contributed by atoms with Crippen LogP contribution in [0.5, 0.6) is 0 Å². The number of rotatable bonds is 22. The van der Waals surface area contributed by atoms with Gasteiger partial charge in [-0.2, -0.15) is 0 Å². The Morgan fingerprint density at radius 2 is 0.750 bits per heavy atom. The normalized spacial score (nSPS) is 12.2. The van der Waals surface area contributed by atoms with E-state index in [1.807, 2.05) is 0 Å². The summed E-state index contributed by atoms with van der Waals surface area (Å²) in [5, 5.41) is 0. The Morgan fingerprint density at radius 1 is 0.458 bits per heavy atom. The third-order valence-electron chi connectivity index (χ3n) is 9.54. The maximum Gasteiger partial charge on any atom is 0.0849 e. The van der Waals surface area contributed by atoms with Gasteiger partial charge in [0.2, 0.25) is 0 Å². The minimum Gasteiger partial charge on any atom is -0.251 e. The summed E-state index contributed by atoms with van der Waals surface area (Å²) in [6.45, 7) is 18.0. The summed E-state index contributed by atoms with van der Waals surface area (Å²) in [6.07, 6.45) is 21.1. The van der Waals surface area contributed by atoms with Crippen LogP contribution in [0, 0.1) is 0 Å². The molecule has 0 aliphatic carbocycles. The molecule has 0 saturated heterocycles. The molecule has 0 unspecified atom stereocenters. The van der Waals surface area contributed by atoms with Gasteiger partial charge < -0.3 is 0 Å². The van der Waals surface area contributed by atoms with Gasteiger partial charge in [0.05, 0.1) is 34.2 Å². The van der Waals surface area contributed by atoms with Gasteiger partial charge in [-0.25, -0.2) is 4.98 Å². The lowest BCUT2D eigenvalue weighted by Gasteiger charge is -2.16. The van der Waals surface area contributed by atoms with Gasteiger partial charge in [0.25, 0.3) is 0 Å². The average molecular weight is 650 g/mol. The number of hydrogen-bond donors (Lipinski definition) is 0. The van der Waals surface area contributed by atoms with Crippen LogP contribution in [0.1, 0.15) is 177 Å². The second-order valence-electron chi connectivity index (χ2n) is 13.9. The molecule has 0 amide bonds. The van der Waals surface area contributed by atoms with E-state index in [4.69, 9.17) is 15.0 Å². The van der Waals surface area contributed by atoms with Crippen LogP contribution in [-0.4, -0.2) is 16.4 Å². The van der Waals surface area contributed by atoms with Gasteiger partial charge in [-0.3, -0.25) is 9.98 Å². The molecule has 0 atom stereocenters. The molecule has 0 spiro atoms. The topological polar surface area (TPSA) is 37.6 Å². The van der Waals surface area contributed by atoms with E-state index in [-0.39, 0.29) is 0 Å². The molecule has 262 valence electrons. The average Bonchev–Trinajstić information content (AvgIpc) is 3.10. The molecule has 0 saturated carbocycles. The molecule has 0 N–H and O–H groups in total. The van der Waals surface area contributed by atoms with Crippen LogP contribution >= 0.6 is 0 Å². The van der Waals surface area contributed by atoms with Crippen molar-refractivity contribution in [1.82, 2.24) is 4.98 Å². The lowest BCUT2D eigenvalue weighted by Crippen LogP contribution is -2.06. The number of unbranched alkanes of at least 4 members (excludes halogenated alkanes) is 6. The third-order valence-corrected chi connectivity index (χ3v) is 9.54. The number of pyridine rings is 1. The van der Waals surface area contributed by atoms with E-state index in [2.05, 4.69) is 97.9 Å². The van der Waals surface area contributed by atoms with Crippen LogP contribution in [0.25, 0.3) is 0 Å². The van der Waals surface area contributed by atoms with Crippen LogP contribution in [0.15, 0.2) is 52.4 Å². The number of aryl methyl sites for hydroxylation is 6. The fourth-order valence-electron chi connectivity index (χ4n) is 6.52. The highest BCUT2D eigenvalue weighted by Crippen LogP contribution is 2.33. The molecule has 0 fully saturated rings. The maximum atomic E-state index is 5.38. The summed E-state index contributed by atoms with van der Waals surface area (Å²) >= 11 is 0. The SMILES string of the molecule is CCCCc1cc(CCCC)c(N=C(C)c2cccc(C(C)=Nc3c(CCCC)cc(CCCC)cc3CCCC)n2)c(CCCC)c1. The molecule has 1 aromatic heterocycles. The van der Waals surface area contributed by atoms with Crippen LogP contribution in [0.4, 0.5) is 11.4 Å². The van der Waals surface area contributed by atoms with E-state index in [0.717, 1.165) is 61.3 Å². The van der Waals surface area contributed by atoms with Crippen LogP contribution in [-0.2, 0) is 38.5 Å². The Morgan fingerprint density at radius 3 is 1.04 bits per heavy atom. The molecule has 3 nitrogen and oxygen atoms in total. The van der Waals surface area contributed by atoms with E-state index >= 15 is 0 Å². The van der Waals surface area contributed by atoms with Crippen LogP contribution in [0.3, 0.4) is 0 Å². The van der Waals surface area contributed by atoms with E-state index in [0.29, 0.717) is 0 Å². The van der Waals surface area contributed by atoms with Crippen molar-refractivity contribution in [3.05, 3.63) is 87.2 Å². The number of nitrogens with zero attached hydrogens (tertiary/aromatic N) is 3. The van der Waals surface area contributed by atoms with Crippen molar-refractivity contribution in [2.75, 3.05) is 0 Å². The van der Waals surface area contributed by atoms with Gasteiger partial charge in [0.15, 0.2) is 0 Å². The van der Waals surface area contributed by atoms with Crippen molar-refractivity contribution in [2.45, 2.75) is 171 Å². The summed E-state index contributed by atoms with van der Waals surface area (Å²) in [4.78, 5) is 16.0. The number of benzene rings is 2. The molecule has 1 heterocycles. The second-order valence-corrected chi connectivity index (χ2v) is 13.9. The lowest BCUT2D eigenvalue weighted by atomic mass is 9.94. The Hall–Kier alpha value is -3.07. The number of aromatic nitrogens is 1. The zero-order valence-electron chi connectivity index (χ0n) is 32.1. The minimum absolute atomic E-state index is 0.937. The van der Waals surface area contributed by atoms with Gasteiger partial charge in [-0.05, 0) is 136 Å². The Balaban J connectivity index is 2.08. The highest BCUT2D eigenvalue weighted by molar-refractivity contribution is 6.02. The predicted octanol–water partition coefficient (Wildman–Crippen LogP) is 13.4. The minimum atomic E-state index is 0.937.